The van der Waals surface area contributed by atoms with Crippen LogP contribution in [-0.2, 0) is 17.6 Å². The molecule has 1 amide bonds. The Morgan fingerprint density at radius 2 is 1.61 bits per heavy atom. The molecular weight excluding hydrogens is 413 g/mol. The quantitative estimate of drug-likeness (QED) is 0.669. The van der Waals surface area contributed by atoms with Crippen molar-refractivity contribution in [1.82, 2.24) is 14.4 Å². The van der Waals surface area contributed by atoms with E-state index in [0.717, 1.165) is 11.6 Å². The fourth-order valence-corrected chi connectivity index (χ4v) is 3.67. The van der Waals surface area contributed by atoms with Gasteiger partial charge in [-0.3, -0.25) is 19.2 Å². The van der Waals surface area contributed by atoms with Crippen LogP contribution < -0.4 is 11.1 Å². The van der Waals surface area contributed by atoms with Crippen LogP contribution in [0.5, 0.6) is 0 Å². The van der Waals surface area contributed by atoms with E-state index in [4.69, 9.17) is 4.42 Å². The largest absolute Gasteiger partial charge is 0.421 e. The second kappa shape index (κ2) is 8.56. The molecule has 1 N–H and O–H groups in total. The first-order valence-electron chi connectivity index (χ1n) is 9.80. The van der Waals surface area contributed by atoms with Gasteiger partial charge in [0.25, 0.3) is 0 Å². The average molecular weight is 434 g/mol. The van der Waals surface area contributed by atoms with Crippen LogP contribution in [0.3, 0.4) is 0 Å². The van der Waals surface area contributed by atoms with Crippen molar-refractivity contribution < 1.29 is 22.4 Å². The number of carbonyl (C=O) groups excluding carboxylic acids is 1. The zero-order valence-electron chi connectivity index (χ0n) is 16.6. The Kier molecular flexibility index (Phi) is 5.84. The second-order valence-electron chi connectivity index (χ2n) is 7.39. The van der Waals surface area contributed by atoms with Crippen LogP contribution in [0.2, 0.25) is 0 Å². The highest BCUT2D eigenvalue weighted by Gasteiger charge is 2.33. The molecule has 0 spiro atoms. The van der Waals surface area contributed by atoms with Gasteiger partial charge in [-0.05, 0) is 24.3 Å². The Bertz CT molecular complexity index is 1130. The van der Waals surface area contributed by atoms with Crippen molar-refractivity contribution >= 4 is 22.7 Å². The van der Waals surface area contributed by atoms with Gasteiger partial charge in [0.05, 0.1) is 30.0 Å². The molecule has 164 valence electrons. The number of rotatable bonds is 5. The first kappa shape index (κ1) is 21.1. The minimum Gasteiger partial charge on any atom is -0.408 e. The zero-order chi connectivity index (χ0) is 22.0. The minimum atomic E-state index is -4.54. The monoisotopic (exact) mass is 434 g/mol. The van der Waals surface area contributed by atoms with Crippen LogP contribution >= 0.6 is 0 Å². The van der Waals surface area contributed by atoms with E-state index >= 15 is 0 Å². The number of halogens is 3. The summed E-state index contributed by atoms with van der Waals surface area (Å²) in [4.78, 5) is 28.4. The lowest BCUT2D eigenvalue weighted by molar-refractivity contribution is -0.137. The van der Waals surface area contributed by atoms with Gasteiger partial charge in [0.2, 0.25) is 5.91 Å². The van der Waals surface area contributed by atoms with Gasteiger partial charge in [-0.1, -0.05) is 24.3 Å². The number of fused-ring (bicyclic) bond motifs is 1. The number of nitrogens with zero attached hydrogens (tertiary/aromatic N) is 3. The van der Waals surface area contributed by atoms with E-state index in [9.17, 15) is 22.8 Å². The van der Waals surface area contributed by atoms with Gasteiger partial charge in [0, 0.05) is 26.2 Å². The molecule has 0 radical (unpaired) electrons. The lowest BCUT2D eigenvalue weighted by Crippen LogP contribution is -2.49. The Labute approximate surface area is 175 Å². The van der Waals surface area contributed by atoms with Crippen molar-refractivity contribution in [3.63, 3.8) is 0 Å². The van der Waals surface area contributed by atoms with Gasteiger partial charge in [0.15, 0.2) is 5.58 Å². The Morgan fingerprint density at radius 1 is 0.968 bits per heavy atom. The fraction of sp³-hybridized carbons (Fsp3) is 0.333. The number of nitrogens with one attached hydrogen (secondary N) is 1. The van der Waals surface area contributed by atoms with Crippen molar-refractivity contribution in [3.05, 3.63) is 64.6 Å². The number of alkyl halides is 3. The van der Waals surface area contributed by atoms with Crippen LogP contribution in [0.15, 0.2) is 57.7 Å². The molecule has 1 fully saturated rings. The van der Waals surface area contributed by atoms with Crippen molar-refractivity contribution in [1.29, 1.82) is 0 Å². The van der Waals surface area contributed by atoms with Crippen LogP contribution in [0.1, 0.15) is 5.56 Å². The van der Waals surface area contributed by atoms with E-state index < -0.39 is 23.4 Å². The molecule has 2 aromatic carbocycles. The first-order valence-corrected chi connectivity index (χ1v) is 9.80. The van der Waals surface area contributed by atoms with Crippen molar-refractivity contribution in [2.24, 2.45) is 0 Å². The highest BCUT2D eigenvalue weighted by molar-refractivity contribution is 5.93. The predicted molar refractivity (Wildman–Crippen MR) is 109 cm³/mol. The maximum atomic E-state index is 13.1. The van der Waals surface area contributed by atoms with Gasteiger partial charge in [-0.2, -0.15) is 13.2 Å². The number of anilines is 1. The molecule has 0 atom stereocenters. The lowest BCUT2D eigenvalue weighted by atomic mass is 10.1. The van der Waals surface area contributed by atoms with Crippen LogP contribution in [0.4, 0.5) is 18.9 Å². The number of carbonyl (C=O) groups is 1. The number of piperazine rings is 1. The SMILES string of the molecule is O=C(CN1CCN(Cn2c(=O)oc3ccccc32)CC1)Nc1ccccc1C(F)(F)F. The molecule has 1 aromatic heterocycles. The van der Waals surface area contributed by atoms with Crippen molar-refractivity contribution in [2.45, 2.75) is 12.8 Å². The van der Waals surface area contributed by atoms with E-state index in [2.05, 4.69) is 10.2 Å². The van der Waals surface area contributed by atoms with E-state index in [1.54, 1.807) is 16.7 Å². The highest BCUT2D eigenvalue weighted by atomic mass is 19.4. The Balaban J connectivity index is 1.32. The number of amides is 1. The molecule has 0 saturated carbocycles. The van der Waals surface area contributed by atoms with Gasteiger partial charge in [-0.15, -0.1) is 0 Å². The summed E-state index contributed by atoms with van der Waals surface area (Å²) in [7, 11) is 0. The maximum Gasteiger partial charge on any atom is 0.421 e. The smallest absolute Gasteiger partial charge is 0.408 e. The summed E-state index contributed by atoms with van der Waals surface area (Å²) in [6.45, 7) is 2.69. The summed E-state index contributed by atoms with van der Waals surface area (Å²) >= 11 is 0. The van der Waals surface area contributed by atoms with Gasteiger partial charge >= 0.3 is 11.9 Å². The van der Waals surface area contributed by atoms with Crippen LogP contribution in [0, 0.1) is 0 Å². The molecule has 1 aliphatic heterocycles. The second-order valence-corrected chi connectivity index (χ2v) is 7.39. The number of para-hydroxylation sites is 3. The first-order chi connectivity index (χ1) is 14.8. The van der Waals surface area contributed by atoms with E-state index in [0.29, 0.717) is 38.4 Å². The minimum absolute atomic E-state index is 0.00534. The number of oxazole rings is 1. The number of hydrogen-bond donors (Lipinski definition) is 1. The van der Waals surface area contributed by atoms with Gasteiger partial charge < -0.3 is 9.73 Å². The molecule has 0 aliphatic carbocycles. The summed E-state index contributed by atoms with van der Waals surface area (Å²) in [5.74, 6) is -0.923. The van der Waals surface area contributed by atoms with E-state index in [-0.39, 0.29) is 12.2 Å². The molecule has 3 aromatic rings. The summed E-state index contributed by atoms with van der Waals surface area (Å²) in [6.07, 6.45) is -4.54. The Hall–Kier alpha value is -3.11. The van der Waals surface area contributed by atoms with Crippen molar-refractivity contribution in [2.75, 3.05) is 38.0 Å². The molecule has 0 bridgehead atoms. The third-order valence-corrected chi connectivity index (χ3v) is 5.25. The predicted octanol–water partition coefficient (Wildman–Crippen LogP) is 2.83. The molecule has 7 nitrogen and oxygen atoms in total. The molecular formula is C21H21F3N4O3. The molecule has 0 unspecified atom stereocenters. The van der Waals surface area contributed by atoms with Gasteiger partial charge in [0.1, 0.15) is 0 Å². The fourth-order valence-electron chi connectivity index (χ4n) is 3.67. The van der Waals surface area contributed by atoms with Crippen LogP contribution in [0.25, 0.3) is 11.1 Å². The molecule has 10 heteroatoms. The van der Waals surface area contributed by atoms with E-state index in [1.165, 1.54) is 18.2 Å². The number of hydrogen-bond acceptors (Lipinski definition) is 5. The third-order valence-electron chi connectivity index (χ3n) is 5.25. The van der Waals surface area contributed by atoms with E-state index in [1.807, 2.05) is 17.0 Å². The normalized spacial score (nSPS) is 16.0. The molecule has 4 rings (SSSR count). The molecule has 1 saturated heterocycles. The molecule has 1 aliphatic rings. The standard InChI is InChI=1S/C21H21F3N4O3/c22-21(23,24)15-5-1-2-6-16(15)25-19(29)13-26-9-11-27(12-10-26)14-28-17-7-3-4-8-18(17)31-20(28)30/h1-8H,9-14H2,(H,25,29). The summed E-state index contributed by atoms with van der Waals surface area (Å²) < 4.78 is 46.1. The average Bonchev–Trinajstić information content (AvgIpc) is 3.04. The number of benzene rings is 2. The highest BCUT2D eigenvalue weighted by Crippen LogP contribution is 2.34. The number of aromatic nitrogens is 1. The summed E-state index contributed by atoms with van der Waals surface area (Å²) in [5, 5.41) is 2.37. The topological polar surface area (TPSA) is 70.7 Å². The molecule has 31 heavy (non-hydrogen) atoms. The summed E-state index contributed by atoms with van der Waals surface area (Å²) in [5.41, 5.74) is 0.135. The Morgan fingerprint density at radius 3 is 2.35 bits per heavy atom. The third kappa shape index (κ3) is 4.80. The maximum absolute atomic E-state index is 13.1. The molecule has 2 heterocycles. The van der Waals surface area contributed by atoms with Crippen LogP contribution in [-0.4, -0.2) is 53.0 Å². The van der Waals surface area contributed by atoms with Crippen molar-refractivity contribution in [3.8, 4) is 0 Å². The van der Waals surface area contributed by atoms with Gasteiger partial charge in [-0.25, -0.2) is 4.79 Å². The zero-order valence-corrected chi connectivity index (χ0v) is 16.6. The lowest BCUT2D eigenvalue weighted by Gasteiger charge is -2.34. The summed E-state index contributed by atoms with van der Waals surface area (Å²) in [6, 6.07) is 12.1.